The number of pyridine rings is 1. The van der Waals surface area contributed by atoms with Crippen LogP contribution in [0.25, 0.3) is 0 Å². The van der Waals surface area contributed by atoms with E-state index in [9.17, 15) is 4.39 Å². The molecule has 2 rings (SSSR count). The zero-order valence-corrected chi connectivity index (χ0v) is 9.44. The van der Waals surface area contributed by atoms with Crippen LogP contribution in [0.15, 0.2) is 42.6 Å². The van der Waals surface area contributed by atoms with E-state index in [0.717, 1.165) is 11.1 Å². The molecule has 0 amide bonds. The summed E-state index contributed by atoms with van der Waals surface area (Å²) in [5, 5.41) is 8.94. The minimum Gasteiger partial charge on any atom is -0.396 e. The molecule has 0 radical (unpaired) electrons. The summed E-state index contributed by atoms with van der Waals surface area (Å²) in [6, 6.07) is 11.7. The number of hydrogen-bond acceptors (Lipinski definition) is 2. The van der Waals surface area contributed by atoms with E-state index in [1.165, 1.54) is 6.20 Å². The van der Waals surface area contributed by atoms with Gasteiger partial charge < -0.3 is 5.11 Å². The highest BCUT2D eigenvalue weighted by molar-refractivity contribution is 5.31. The Balaban J connectivity index is 2.29. The molecule has 1 heterocycles. The average molecular weight is 231 g/mol. The summed E-state index contributed by atoms with van der Waals surface area (Å²) in [5.74, 6) is -0.479. The first kappa shape index (κ1) is 11.7. The lowest BCUT2D eigenvalue weighted by Crippen LogP contribution is -2.03. The van der Waals surface area contributed by atoms with Gasteiger partial charge in [0, 0.05) is 24.8 Å². The molecule has 17 heavy (non-hydrogen) atoms. The molecule has 88 valence electrons. The Morgan fingerprint density at radius 3 is 2.59 bits per heavy atom. The molecule has 0 aliphatic heterocycles. The van der Waals surface area contributed by atoms with Gasteiger partial charge in [-0.15, -0.1) is 0 Å². The van der Waals surface area contributed by atoms with E-state index in [0.29, 0.717) is 18.4 Å². The summed E-state index contributed by atoms with van der Waals surface area (Å²) in [7, 11) is 0. The van der Waals surface area contributed by atoms with Gasteiger partial charge in [0.15, 0.2) is 0 Å². The van der Waals surface area contributed by atoms with Gasteiger partial charge in [0.2, 0.25) is 5.95 Å². The van der Waals surface area contributed by atoms with Crippen LogP contribution in [-0.4, -0.2) is 16.7 Å². The topological polar surface area (TPSA) is 33.1 Å². The van der Waals surface area contributed by atoms with Crippen LogP contribution >= 0.6 is 0 Å². The van der Waals surface area contributed by atoms with Gasteiger partial charge >= 0.3 is 0 Å². The van der Waals surface area contributed by atoms with Crippen molar-refractivity contribution in [3.05, 3.63) is 65.2 Å². The molecule has 3 heteroatoms. The first-order chi connectivity index (χ1) is 8.31. The second kappa shape index (κ2) is 5.55. The van der Waals surface area contributed by atoms with E-state index in [2.05, 4.69) is 4.98 Å². The number of halogens is 1. The highest BCUT2D eigenvalue weighted by Crippen LogP contribution is 2.16. The van der Waals surface area contributed by atoms with Gasteiger partial charge in [-0.1, -0.05) is 30.3 Å². The Morgan fingerprint density at radius 2 is 1.88 bits per heavy atom. The van der Waals surface area contributed by atoms with Gasteiger partial charge in [0.1, 0.15) is 0 Å². The molecule has 0 saturated heterocycles. The van der Waals surface area contributed by atoms with Crippen molar-refractivity contribution < 1.29 is 9.50 Å². The lowest BCUT2D eigenvalue weighted by Gasteiger charge is -2.08. The Labute approximate surface area is 99.8 Å². The second-order valence-corrected chi connectivity index (χ2v) is 3.88. The van der Waals surface area contributed by atoms with Crippen molar-refractivity contribution in [2.45, 2.75) is 12.8 Å². The van der Waals surface area contributed by atoms with E-state index in [-0.39, 0.29) is 6.61 Å². The third-order valence-corrected chi connectivity index (χ3v) is 2.70. The lowest BCUT2D eigenvalue weighted by atomic mass is 10.00. The number of hydrogen-bond donors (Lipinski definition) is 1. The zero-order chi connectivity index (χ0) is 12.1. The molecule has 1 aromatic carbocycles. The third-order valence-electron chi connectivity index (χ3n) is 2.70. The number of rotatable bonds is 4. The molecule has 1 aromatic heterocycles. The van der Waals surface area contributed by atoms with E-state index in [4.69, 9.17) is 5.11 Å². The summed E-state index contributed by atoms with van der Waals surface area (Å²) in [4.78, 5) is 3.62. The molecule has 0 bridgehead atoms. The van der Waals surface area contributed by atoms with Crippen molar-refractivity contribution in [2.75, 3.05) is 6.61 Å². The summed E-state index contributed by atoms with van der Waals surface area (Å²) in [6.07, 6.45) is 2.44. The van der Waals surface area contributed by atoms with Crippen LogP contribution in [0.5, 0.6) is 0 Å². The molecular formula is C14H14FNO. The van der Waals surface area contributed by atoms with Crippen LogP contribution in [-0.2, 0) is 12.8 Å². The molecule has 0 aliphatic rings. The highest BCUT2D eigenvalue weighted by atomic mass is 19.1. The molecule has 0 atom stereocenters. The minimum absolute atomic E-state index is 0.0651. The van der Waals surface area contributed by atoms with Crippen molar-refractivity contribution >= 4 is 0 Å². The van der Waals surface area contributed by atoms with Crippen LogP contribution in [0, 0.1) is 5.95 Å². The third kappa shape index (κ3) is 2.88. The lowest BCUT2D eigenvalue weighted by molar-refractivity contribution is 0.296. The Morgan fingerprint density at radius 1 is 1.12 bits per heavy atom. The van der Waals surface area contributed by atoms with Gasteiger partial charge in [-0.2, -0.15) is 4.39 Å². The molecule has 2 aromatic rings. The van der Waals surface area contributed by atoms with Gasteiger partial charge in [-0.25, -0.2) is 4.98 Å². The molecule has 2 nitrogen and oxygen atoms in total. The van der Waals surface area contributed by atoms with E-state index >= 15 is 0 Å². The number of aliphatic hydroxyl groups is 1. The molecule has 1 N–H and O–H groups in total. The van der Waals surface area contributed by atoms with Gasteiger partial charge in [0.25, 0.3) is 0 Å². The van der Waals surface area contributed by atoms with Gasteiger partial charge in [-0.3, -0.25) is 0 Å². The Hall–Kier alpha value is -1.74. The largest absolute Gasteiger partial charge is 0.396 e. The molecule has 0 saturated carbocycles. The fourth-order valence-electron chi connectivity index (χ4n) is 1.86. The predicted molar refractivity (Wildman–Crippen MR) is 64.2 cm³/mol. The monoisotopic (exact) mass is 231 g/mol. The summed E-state index contributed by atoms with van der Waals surface area (Å²) < 4.78 is 13.5. The number of nitrogens with zero attached hydrogens (tertiary/aromatic N) is 1. The van der Waals surface area contributed by atoms with Crippen LogP contribution in [0.1, 0.15) is 16.7 Å². The summed E-state index contributed by atoms with van der Waals surface area (Å²) in [5.41, 5.74) is 2.52. The number of aromatic nitrogens is 1. The van der Waals surface area contributed by atoms with E-state index in [1.807, 2.05) is 30.3 Å². The smallest absolute Gasteiger partial charge is 0.216 e. The molecule has 0 spiro atoms. The fraction of sp³-hybridized carbons (Fsp3) is 0.214. The summed E-state index contributed by atoms with van der Waals surface area (Å²) >= 11 is 0. The van der Waals surface area contributed by atoms with E-state index < -0.39 is 5.95 Å². The maximum Gasteiger partial charge on any atom is 0.216 e. The first-order valence-electron chi connectivity index (χ1n) is 5.58. The summed E-state index contributed by atoms with van der Waals surface area (Å²) in [6.45, 7) is -0.0651. The van der Waals surface area contributed by atoms with E-state index in [1.54, 1.807) is 6.07 Å². The molecule has 0 aliphatic carbocycles. The predicted octanol–water partition coefficient (Wildman–Crippen LogP) is 2.35. The Kier molecular flexibility index (Phi) is 3.83. The molecule has 0 fully saturated rings. The maximum atomic E-state index is 13.5. The fourth-order valence-corrected chi connectivity index (χ4v) is 1.86. The minimum atomic E-state index is -0.479. The number of benzene rings is 1. The normalized spacial score (nSPS) is 10.5. The van der Waals surface area contributed by atoms with Crippen molar-refractivity contribution in [3.63, 3.8) is 0 Å². The van der Waals surface area contributed by atoms with Crippen molar-refractivity contribution in [1.29, 1.82) is 0 Å². The zero-order valence-electron chi connectivity index (χ0n) is 9.44. The Bertz CT molecular complexity index is 485. The first-order valence-corrected chi connectivity index (χ1v) is 5.58. The SMILES string of the molecule is OCCc1c(Cc2ccccc2)ccnc1F. The van der Waals surface area contributed by atoms with Gasteiger partial charge in [0.05, 0.1) is 0 Å². The van der Waals surface area contributed by atoms with Crippen molar-refractivity contribution in [1.82, 2.24) is 4.98 Å². The average Bonchev–Trinajstić information content (AvgIpc) is 2.35. The molecular weight excluding hydrogens is 217 g/mol. The van der Waals surface area contributed by atoms with Gasteiger partial charge in [-0.05, 0) is 23.6 Å². The number of aliphatic hydroxyl groups excluding tert-OH is 1. The van der Waals surface area contributed by atoms with Crippen LogP contribution in [0.2, 0.25) is 0 Å². The van der Waals surface area contributed by atoms with Crippen LogP contribution < -0.4 is 0 Å². The second-order valence-electron chi connectivity index (χ2n) is 3.88. The quantitative estimate of drug-likeness (QED) is 0.819. The molecule has 0 unspecified atom stereocenters. The van der Waals surface area contributed by atoms with Crippen molar-refractivity contribution in [2.24, 2.45) is 0 Å². The van der Waals surface area contributed by atoms with Crippen LogP contribution in [0.3, 0.4) is 0 Å². The maximum absolute atomic E-state index is 13.5. The highest BCUT2D eigenvalue weighted by Gasteiger charge is 2.09. The van der Waals surface area contributed by atoms with Crippen molar-refractivity contribution in [3.8, 4) is 0 Å². The van der Waals surface area contributed by atoms with Crippen LogP contribution in [0.4, 0.5) is 4.39 Å². The standard InChI is InChI=1S/C14H14FNO/c15-14-13(7-9-17)12(6-8-16-14)10-11-4-2-1-3-5-11/h1-6,8,17H,7,9-10H2.